The molecule has 0 heterocycles. The Balaban J connectivity index is 1.70. The Bertz CT molecular complexity index is 794. The minimum Gasteiger partial charge on any atom is -0.490 e. The average molecular weight is 487 g/mol. The second-order valence-electron chi connectivity index (χ2n) is 7.06. The Labute approximate surface area is 185 Å². The SMILES string of the molecule is CCOc1cc(CNC2CCCCC2)c(Br)cc1OCc1ccc(Cl)cc1Cl. The van der Waals surface area contributed by atoms with Crippen LogP contribution in [0, 0.1) is 0 Å². The average Bonchev–Trinajstić information content (AvgIpc) is 2.69. The number of hydrogen-bond acceptors (Lipinski definition) is 3. The predicted molar refractivity (Wildman–Crippen MR) is 120 cm³/mol. The van der Waals surface area contributed by atoms with E-state index in [-0.39, 0.29) is 0 Å². The van der Waals surface area contributed by atoms with Gasteiger partial charge >= 0.3 is 0 Å². The highest BCUT2D eigenvalue weighted by atomic mass is 79.9. The van der Waals surface area contributed by atoms with E-state index in [2.05, 4.69) is 27.3 Å². The lowest BCUT2D eigenvalue weighted by atomic mass is 9.95. The lowest BCUT2D eigenvalue weighted by molar-refractivity contribution is 0.268. The maximum atomic E-state index is 6.25. The predicted octanol–water partition coefficient (Wildman–Crippen LogP) is 7.16. The van der Waals surface area contributed by atoms with Gasteiger partial charge in [0, 0.05) is 32.7 Å². The lowest BCUT2D eigenvalue weighted by Gasteiger charge is -2.23. The van der Waals surface area contributed by atoms with Crippen molar-refractivity contribution < 1.29 is 9.47 Å². The molecule has 0 aliphatic heterocycles. The molecule has 1 aliphatic rings. The summed E-state index contributed by atoms with van der Waals surface area (Å²) in [5, 5.41) is 4.89. The first-order chi connectivity index (χ1) is 13.6. The van der Waals surface area contributed by atoms with Crippen molar-refractivity contribution in [3.63, 3.8) is 0 Å². The summed E-state index contributed by atoms with van der Waals surface area (Å²) in [6.45, 7) is 3.72. The van der Waals surface area contributed by atoms with Gasteiger partial charge in [-0.05, 0) is 49.6 Å². The molecule has 1 saturated carbocycles. The third-order valence-electron chi connectivity index (χ3n) is 5.00. The van der Waals surface area contributed by atoms with Crippen molar-refractivity contribution in [2.75, 3.05) is 6.61 Å². The molecular formula is C22H26BrCl2NO2. The van der Waals surface area contributed by atoms with E-state index in [1.807, 2.05) is 25.1 Å². The number of halogens is 3. The minimum atomic E-state index is 0.349. The van der Waals surface area contributed by atoms with Gasteiger partial charge in [-0.25, -0.2) is 0 Å². The number of benzene rings is 2. The fraction of sp³-hybridized carbons (Fsp3) is 0.455. The normalized spacial score (nSPS) is 14.9. The molecule has 1 aliphatic carbocycles. The van der Waals surface area contributed by atoms with E-state index in [9.17, 15) is 0 Å². The Kier molecular flexibility index (Phi) is 8.34. The second-order valence-corrected chi connectivity index (χ2v) is 8.76. The number of nitrogens with one attached hydrogen (secondary N) is 1. The number of ether oxygens (including phenoxy) is 2. The Morgan fingerprint density at radius 3 is 2.46 bits per heavy atom. The summed E-state index contributed by atoms with van der Waals surface area (Å²) in [6.07, 6.45) is 6.53. The van der Waals surface area contributed by atoms with Gasteiger partial charge in [0.05, 0.1) is 6.61 Å². The van der Waals surface area contributed by atoms with Crippen molar-refractivity contribution in [1.82, 2.24) is 5.32 Å². The van der Waals surface area contributed by atoms with Gasteiger partial charge in [0.15, 0.2) is 11.5 Å². The molecule has 0 bridgehead atoms. The molecule has 0 aromatic heterocycles. The molecule has 152 valence electrons. The second kappa shape index (κ2) is 10.7. The topological polar surface area (TPSA) is 30.5 Å². The van der Waals surface area contributed by atoms with Crippen LogP contribution in [0.4, 0.5) is 0 Å². The zero-order chi connectivity index (χ0) is 19.9. The number of hydrogen-bond donors (Lipinski definition) is 1. The summed E-state index contributed by atoms with van der Waals surface area (Å²) in [4.78, 5) is 0. The summed E-state index contributed by atoms with van der Waals surface area (Å²) in [5.41, 5.74) is 2.05. The highest BCUT2D eigenvalue weighted by Crippen LogP contribution is 2.35. The molecule has 0 unspecified atom stereocenters. The molecular weight excluding hydrogens is 461 g/mol. The summed E-state index contributed by atoms with van der Waals surface area (Å²) in [5.74, 6) is 1.44. The first-order valence-electron chi connectivity index (χ1n) is 9.82. The quantitative estimate of drug-likeness (QED) is 0.429. The first kappa shape index (κ1) is 21.8. The maximum absolute atomic E-state index is 6.25. The molecule has 0 spiro atoms. The Hall–Kier alpha value is -0.940. The Morgan fingerprint density at radius 1 is 1.00 bits per heavy atom. The van der Waals surface area contributed by atoms with Crippen LogP contribution in [0.25, 0.3) is 0 Å². The summed E-state index contributed by atoms with van der Waals surface area (Å²) >= 11 is 15.9. The zero-order valence-electron chi connectivity index (χ0n) is 16.1. The van der Waals surface area contributed by atoms with Gasteiger partial charge in [-0.2, -0.15) is 0 Å². The molecule has 3 nitrogen and oxygen atoms in total. The maximum Gasteiger partial charge on any atom is 0.162 e. The third kappa shape index (κ3) is 6.03. The van der Waals surface area contributed by atoms with Gasteiger partial charge < -0.3 is 14.8 Å². The first-order valence-corrected chi connectivity index (χ1v) is 11.4. The van der Waals surface area contributed by atoms with Crippen LogP contribution in [-0.2, 0) is 13.2 Å². The van der Waals surface area contributed by atoms with Crippen LogP contribution in [0.2, 0.25) is 10.0 Å². The molecule has 2 aromatic rings. The van der Waals surface area contributed by atoms with E-state index >= 15 is 0 Å². The third-order valence-corrected chi connectivity index (χ3v) is 6.32. The molecule has 28 heavy (non-hydrogen) atoms. The van der Waals surface area contributed by atoms with E-state index in [4.69, 9.17) is 32.7 Å². The minimum absolute atomic E-state index is 0.349. The molecule has 1 N–H and O–H groups in total. The smallest absolute Gasteiger partial charge is 0.162 e. The zero-order valence-corrected chi connectivity index (χ0v) is 19.2. The summed E-state index contributed by atoms with van der Waals surface area (Å²) in [7, 11) is 0. The molecule has 3 rings (SSSR count). The van der Waals surface area contributed by atoms with Crippen LogP contribution in [0.15, 0.2) is 34.8 Å². The Morgan fingerprint density at radius 2 is 1.75 bits per heavy atom. The van der Waals surface area contributed by atoms with Crippen LogP contribution >= 0.6 is 39.1 Å². The fourth-order valence-corrected chi connectivity index (χ4v) is 4.37. The van der Waals surface area contributed by atoms with Crippen LogP contribution < -0.4 is 14.8 Å². The molecule has 6 heteroatoms. The van der Waals surface area contributed by atoms with Crippen molar-refractivity contribution in [3.05, 3.63) is 56.0 Å². The summed E-state index contributed by atoms with van der Waals surface area (Å²) < 4.78 is 12.9. The standard InChI is InChI=1S/C22H26BrCl2NO2/c1-2-27-21-10-16(13-26-18-6-4-3-5-7-18)19(23)12-22(21)28-14-15-8-9-17(24)11-20(15)25/h8-12,18,26H,2-7,13-14H2,1H3. The van der Waals surface area contributed by atoms with E-state index in [1.165, 1.54) is 37.7 Å². The highest BCUT2D eigenvalue weighted by Gasteiger charge is 2.15. The van der Waals surface area contributed by atoms with Crippen molar-refractivity contribution in [1.29, 1.82) is 0 Å². The van der Waals surface area contributed by atoms with Gasteiger partial charge in [0.2, 0.25) is 0 Å². The lowest BCUT2D eigenvalue weighted by Crippen LogP contribution is -2.30. The van der Waals surface area contributed by atoms with Crippen LogP contribution in [0.1, 0.15) is 50.2 Å². The van der Waals surface area contributed by atoms with Gasteiger partial charge in [0.25, 0.3) is 0 Å². The van der Waals surface area contributed by atoms with Crippen molar-refractivity contribution >= 4 is 39.1 Å². The fourth-order valence-electron chi connectivity index (χ4n) is 3.45. The van der Waals surface area contributed by atoms with Gasteiger partial charge in [0.1, 0.15) is 6.61 Å². The van der Waals surface area contributed by atoms with Crippen LogP contribution in [0.5, 0.6) is 11.5 Å². The molecule has 0 radical (unpaired) electrons. The number of rotatable bonds is 8. The van der Waals surface area contributed by atoms with Gasteiger partial charge in [-0.15, -0.1) is 0 Å². The monoisotopic (exact) mass is 485 g/mol. The molecule has 1 fully saturated rings. The van der Waals surface area contributed by atoms with Gasteiger partial charge in [-0.3, -0.25) is 0 Å². The van der Waals surface area contributed by atoms with Crippen molar-refractivity contribution in [2.45, 2.75) is 58.2 Å². The van der Waals surface area contributed by atoms with Gasteiger partial charge in [-0.1, -0.05) is 64.5 Å². The molecule has 0 saturated heterocycles. The molecule has 0 amide bonds. The highest BCUT2D eigenvalue weighted by molar-refractivity contribution is 9.10. The van der Waals surface area contributed by atoms with E-state index < -0.39 is 0 Å². The molecule has 2 aromatic carbocycles. The van der Waals surface area contributed by atoms with Crippen molar-refractivity contribution in [2.24, 2.45) is 0 Å². The van der Waals surface area contributed by atoms with Crippen molar-refractivity contribution in [3.8, 4) is 11.5 Å². The molecule has 0 atom stereocenters. The van der Waals surface area contributed by atoms with Crippen LogP contribution in [-0.4, -0.2) is 12.6 Å². The van der Waals surface area contributed by atoms with Crippen LogP contribution in [0.3, 0.4) is 0 Å². The van der Waals surface area contributed by atoms with E-state index in [1.54, 1.807) is 6.07 Å². The largest absolute Gasteiger partial charge is 0.490 e. The van der Waals surface area contributed by atoms with E-state index in [0.29, 0.717) is 35.1 Å². The summed E-state index contributed by atoms with van der Waals surface area (Å²) in [6, 6.07) is 10.1. The van der Waals surface area contributed by atoms with E-state index in [0.717, 1.165) is 22.3 Å².